The normalized spacial score (nSPS) is 19.1. The molecule has 6 nitrogen and oxygen atoms in total. The van der Waals surface area contributed by atoms with Gasteiger partial charge in [-0.3, -0.25) is 0 Å². The van der Waals surface area contributed by atoms with Gasteiger partial charge in [0.05, 0.1) is 26.4 Å². The van der Waals surface area contributed by atoms with E-state index >= 15 is 0 Å². The third kappa shape index (κ3) is 8.32. The van der Waals surface area contributed by atoms with Gasteiger partial charge in [-0.2, -0.15) is 0 Å². The van der Waals surface area contributed by atoms with Crippen molar-refractivity contribution >= 4 is 28.5 Å². The summed E-state index contributed by atoms with van der Waals surface area (Å²) in [6.45, 7) is 4.63. The van der Waals surface area contributed by atoms with Crippen LogP contribution in [0, 0.1) is 0 Å². The van der Waals surface area contributed by atoms with Crippen molar-refractivity contribution in [2.75, 3.05) is 44.4 Å². The van der Waals surface area contributed by atoms with E-state index in [1.54, 1.807) is 0 Å². The number of fused-ring (bicyclic) bond motifs is 1. The molecule has 3 aromatic rings. The van der Waals surface area contributed by atoms with Crippen LogP contribution in [0.5, 0.6) is 23.0 Å². The minimum absolute atomic E-state index is 0. The lowest BCUT2D eigenvalue weighted by molar-refractivity contribution is -0.423. The quantitative estimate of drug-likeness (QED) is 0.287. The van der Waals surface area contributed by atoms with E-state index in [0.717, 1.165) is 105 Å². The van der Waals surface area contributed by atoms with Gasteiger partial charge in [-0.15, -0.1) is 0 Å². The number of rotatable bonds is 0. The van der Waals surface area contributed by atoms with E-state index in [0.29, 0.717) is 0 Å². The first-order valence-corrected chi connectivity index (χ1v) is 17.0. The summed E-state index contributed by atoms with van der Waals surface area (Å²) in [6, 6.07) is 17.1. The van der Waals surface area contributed by atoms with Gasteiger partial charge in [-0.25, -0.2) is 9.48 Å². The van der Waals surface area contributed by atoms with Crippen molar-refractivity contribution in [2.45, 2.75) is 89.9 Å². The van der Waals surface area contributed by atoms with Gasteiger partial charge >= 0.3 is 0 Å². The van der Waals surface area contributed by atoms with Crippen molar-refractivity contribution in [3.05, 3.63) is 48.5 Å². The molecule has 0 saturated heterocycles. The van der Waals surface area contributed by atoms with Crippen LogP contribution in [0.3, 0.4) is 0 Å². The molecule has 0 aromatic heterocycles. The van der Waals surface area contributed by atoms with Gasteiger partial charge in [0.2, 0.25) is 12.0 Å². The zero-order valence-electron chi connectivity index (χ0n) is 26.2. The van der Waals surface area contributed by atoms with Crippen molar-refractivity contribution < 1.29 is 35.9 Å². The first kappa shape index (κ1) is 32.3. The fourth-order valence-electron chi connectivity index (χ4n) is 6.53. The maximum atomic E-state index is 6.54. The highest BCUT2D eigenvalue weighted by Crippen LogP contribution is 2.42. The molecule has 0 fully saturated rings. The smallest absolute Gasteiger partial charge is 0.245 e. The second-order valence-corrected chi connectivity index (χ2v) is 12.2. The maximum absolute atomic E-state index is 6.54. The van der Waals surface area contributed by atoms with Crippen LogP contribution in [0.2, 0.25) is 0 Å². The number of halogens is 1. The van der Waals surface area contributed by atoms with Crippen molar-refractivity contribution in [1.82, 2.24) is 0 Å². The van der Waals surface area contributed by atoms with E-state index in [-0.39, 0.29) is 12.4 Å². The molecule has 0 spiro atoms. The zero-order valence-corrected chi connectivity index (χ0v) is 27.0. The van der Waals surface area contributed by atoms with Crippen LogP contribution >= 0.6 is 0 Å². The molecule has 0 radical (unpaired) electrons. The highest BCUT2D eigenvalue weighted by Gasteiger charge is 2.31. The molecule has 3 aromatic carbocycles. The van der Waals surface area contributed by atoms with Crippen molar-refractivity contribution in [3.8, 4) is 23.0 Å². The van der Waals surface area contributed by atoms with Crippen molar-refractivity contribution in [3.63, 3.8) is 0 Å². The van der Waals surface area contributed by atoms with Crippen molar-refractivity contribution in [2.24, 2.45) is 0 Å². The van der Waals surface area contributed by atoms with Crippen LogP contribution in [-0.2, 0) is 0 Å². The molecule has 7 heteroatoms. The van der Waals surface area contributed by atoms with Crippen LogP contribution < -0.4 is 36.3 Å². The molecule has 3 aliphatic heterocycles. The molecule has 0 amide bonds. The second kappa shape index (κ2) is 16.8. The Balaban J connectivity index is 0.00000384. The lowest BCUT2D eigenvalue weighted by Gasteiger charge is -2.18. The zero-order chi connectivity index (χ0) is 29.1. The SMILES string of the molecule is C1=[N+]2CCN1c1c3cccc1OCCCCCCCCCOc1ccc4ccc(cc4c12)OCCCCCCCCCO3.[Cl-]. The van der Waals surface area contributed by atoms with E-state index in [1.165, 1.54) is 69.6 Å². The number of ether oxygens (including phenoxy) is 4. The summed E-state index contributed by atoms with van der Waals surface area (Å²) in [5.74, 6) is 3.68. The first-order valence-electron chi connectivity index (χ1n) is 17.0. The van der Waals surface area contributed by atoms with Gasteiger partial charge in [0, 0.05) is 5.39 Å². The predicted molar refractivity (Wildman–Crippen MR) is 175 cm³/mol. The predicted octanol–water partition coefficient (Wildman–Crippen LogP) is 6.04. The Morgan fingerprint density at radius 2 is 1.07 bits per heavy atom. The number of hydrogen-bond donors (Lipinski definition) is 0. The maximum Gasteiger partial charge on any atom is 0.245 e. The Labute approximate surface area is 269 Å². The van der Waals surface area contributed by atoms with Crippen LogP contribution in [0.25, 0.3) is 10.8 Å². The molecular weight excluding hydrogens is 572 g/mol. The van der Waals surface area contributed by atoms with E-state index in [4.69, 9.17) is 18.9 Å². The van der Waals surface area contributed by atoms with Gasteiger partial charge in [-0.05, 0) is 61.4 Å². The molecular formula is C37H49ClN2O4. The molecule has 0 N–H and O–H groups in total. The Hall–Kier alpha value is -3.12. The standard InChI is InChI=1S/C37H49N2O4.ClH/c1-3-7-11-24-40-31-20-18-30-19-21-35-36(32(30)28-31)38-22-23-39(29-38)37-33(41-25-12-8-4-1)16-15-17-34(37)42-26-13-9-5-2-6-10-14-27-43-35;/h15-21,28-29H,1-14,22-27H2;1H/q+1;/p-1. The molecule has 6 rings (SSSR count). The van der Waals surface area contributed by atoms with Gasteiger partial charge in [0.1, 0.15) is 18.8 Å². The summed E-state index contributed by atoms with van der Waals surface area (Å²) in [4.78, 5) is 2.31. The second-order valence-electron chi connectivity index (χ2n) is 12.2. The fraction of sp³-hybridized carbons (Fsp3) is 0.541. The average Bonchev–Trinajstić information content (AvgIpc) is 3.50. The topological polar surface area (TPSA) is 43.2 Å². The van der Waals surface area contributed by atoms with Gasteiger partial charge in [0.25, 0.3) is 0 Å². The highest BCUT2D eigenvalue weighted by molar-refractivity contribution is 5.96. The number of anilines is 1. The average molecular weight is 621 g/mol. The molecule has 3 heterocycles. The van der Waals surface area contributed by atoms with Gasteiger partial charge in [-0.1, -0.05) is 82.4 Å². The Bertz CT molecular complexity index is 1370. The van der Waals surface area contributed by atoms with E-state index < -0.39 is 0 Å². The molecule has 0 aliphatic carbocycles. The molecule has 6 bridgehead atoms. The summed E-state index contributed by atoms with van der Waals surface area (Å²) in [6.07, 6.45) is 18.9. The highest BCUT2D eigenvalue weighted by atomic mass is 35.5. The van der Waals surface area contributed by atoms with Crippen LogP contribution in [0.1, 0.15) is 89.9 Å². The number of para-hydroxylation sites is 1. The minimum atomic E-state index is 0. The minimum Gasteiger partial charge on any atom is -1.00 e. The fourth-order valence-corrected chi connectivity index (χ4v) is 6.53. The number of nitrogens with zero attached hydrogens (tertiary/aromatic N) is 2. The molecule has 0 saturated carbocycles. The van der Waals surface area contributed by atoms with Gasteiger partial charge < -0.3 is 31.4 Å². The Kier molecular flexibility index (Phi) is 12.3. The Morgan fingerprint density at radius 3 is 1.68 bits per heavy atom. The van der Waals surface area contributed by atoms with Crippen molar-refractivity contribution in [1.29, 1.82) is 0 Å². The summed E-state index contributed by atoms with van der Waals surface area (Å²) in [5, 5.41) is 2.36. The number of hydrogen-bond acceptors (Lipinski definition) is 5. The van der Waals surface area contributed by atoms with Gasteiger partial charge in [0.15, 0.2) is 22.9 Å². The molecule has 3 aliphatic rings. The molecule has 238 valence electrons. The summed E-state index contributed by atoms with van der Waals surface area (Å²) >= 11 is 0. The van der Waals surface area contributed by atoms with Crippen LogP contribution in [-0.4, -0.2) is 50.4 Å². The monoisotopic (exact) mass is 620 g/mol. The van der Waals surface area contributed by atoms with Crippen LogP contribution in [0.4, 0.5) is 11.4 Å². The molecule has 0 atom stereocenters. The molecule has 0 unspecified atom stereocenters. The summed E-state index contributed by atoms with van der Waals surface area (Å²) in [7, 11) is 0. The third-order valence-electron chi connectivity index (χ3n) is 8.94. The van der Waals surface area contributed by atoms with E-state index in [1.807, 2.05) is 0 Å². The third-order valence-corrected chi connectivity index (χ3v) is 8.94. The largest absolute Gasteiger partial charge is 1.00 e. The van der Waals surface area contributed by atoms with E-state index in [9.17, 15) is 0 Å². The van der Waals surface area contributed by atoms with E-state index in [2.05, 4.69) is 64.3 Å². The molecule has 44 heavy (non-hydrogen) atoms. The van der Waals surface area contributed by atoms with Crippen LogP contribution in [0.15, 0.2) is 48.5 Å². The lowest BCUT2D eigenvalue weighted by atomic mass is 10.1. The Morgan fingerprint density at radius 1 is 0.545 bits per heavy atom. The summed E-state index contributed by atoms with van der Waals surface area (Å²) in [5.41, 5.74) is 2.15. The first-order chi connectivity index (χ1) is 21.4. The lowest BCUT2D eigenvalue weighted by Crippen LogP contribution is -3.00. The number of benzene rings is 3. The summed E-state index contributed by atoms with van der Waals surface area (Å²) < 4.78 is 28.1.